The molecule has 2 aliphatic heterocycles. The SMILES string of the molecule is CN1C(=O)CO[C@H](C(=O)N2CCSCC2)[C@H]1c1ccccc1. The second-order valence-corrected chi connectivity index (χ2v) is 6.75. The Bertz CT molecular complexity index is 546. The first-order chi connectivity index (χ1) is 10.7. The molecule has 2 atom stereocenters. The molecule has 0 N–H and O–H groups in total. The lowest BCUT2D eigenvalue weighted by atomic mass is 9.97. The Balaban J connectivity index is 1.86. The lowest BCUT2D eigenvalue weighted by molar-refractivity contribution is -0.167. The van der Waals surface area contributed by atoms with Gasteiger partial charge in [0.2, 0.25) is 5.91 Å². The number of carbonyl (C=O) groups excluding carboxylic acids is 2. The van der Waals surface area contributed by atoms with E-state index in [-0.39, 0.29) is 24.5 Å². The molecule has 2 saturated heterocycles. The fourth-order valence-electron chi connectivity index (χ4n) is 2.93. The number of benzene rings is 1. The van der Waals surface area contributed by atoms with E-state index < -0.39 is 6.10 Å². The van der Waals surface area contributed by atoms with E-state index in [0.29, 0.717) is 0 Å². The van der Waals surface area contributed by atoms with Crippen molar-refractivity contribution in [3.63, 3.8) is 0 Å². The van der Waals surface area contributed by atoms with Crippen LogP contribution in [0.25, 0.3) is 0 Å². The first kappa shape index (κ1) is 15.4. The maximum absolute atomic E-state index is 12.8. The van der Waals surface area contributed by atoms with Gasteiger partial charge in [-0.25, -0.2) is 0 Å². The number of nitrogens with zero attached hydrogens (tertiary/aromatic N) is 2. The normalized spacial score (nSPS) is 26.1. The third-order valence-corrected chi connectivity index (χ3v) is 5.13. The fraction of sp³-hybridized carbons (Fsp3) is 0.500. The molecule has 1 aromatic rings. The van der Waals surface area contributed by atoms with Crippen molar-refractivity contribution in [1.29, 1.82) is 0 Å². The van der Waals surface area contributed by atoms with Gasteiger partial charge in [-0.15, -0.1) is 0 Å². The maximum Gasteiger partial charge on any atom is 0.254 e. The lowest BCUT2D eigenvalue weighted by Crippen LogP contribution is -2.55. The van der Waals surface area contributed by atoms with Gasteiger partial charge in [0.15, 0.2) is 6.10 Å². The smallest absolute Gasteiger partial charge is 0.254 e. The number of amides is 2. The summed E-state index contributed by atoms with van der Waals surface area (Å²) >= 11 is 1.86. The number of carbonyl (C=O) groups is 2. The summed E-state index contributed by atoms with van der Waals surface area (Å²) in [6.45, 7) is 1.48. The summed E-state index contributed by atoms with van der Waals surface area (Å²) in [7, 11) is 1.74. The summed E-state index contributed by atoms with van der Waals surface area (Å²) in [4.78, 5) is 28.3. The largest absolute Gasteiger partial charge is 0.356 e. The molecule has 2 heterocycles. The molecule has 2 fully saturated rings. The number of ether oxygens (including phenoxy) is 1. The minimum absolute atomic E-state index is 0.00602. The molecule has 22 heavy (non-hydrogen) atoms. The Hall–Kier alpha value is -1.53. The van der Waals surface area contributed by atoms with E-state index in [2.05, 4.69) is 0 Å². The number of rotatable bonds is 2. The highest BCUT2D eigenvalue weighted by Gasteiger charge is 2.41. The topological polar surface area (TPSA) is 49.9 Å². The number of likely N-dealkylation sites (N-methyl/N-ethyl adjacent to an activating group) is 1. The van der Waals surface area contributed by atoms with Gasteiger partial charge in [-0.05, 0) is 5.56 Å². The van der Waals surface area contributed by atoms with E-state index in [9.17, 15) is 9.59 Å². The lowest BCUT2D eigenvalue weighted by Gasteiger charge is -2.40. The van der Waals surface area contributed by atoms with E-state index in [0.717, 1.165) is 30.2 Å². The van der Waals surface area contributed by atoms with Crippen molar-refractivity contribution in [2.75, 3.05) is 38.2 Å². The summed E-state index contributed by atoms with van der Waals surface area (Å²) in [5.41, 5.74) is 0.933. The molecule has 0 unspecified atom stereocenters. The summed E-state index contributed by atoms with van der Waals surface area (Å²) in [5, 5.41) is 0. The average molecular weight is 320 g/mol. The van der Waals surface area contributed by atoms with E-state index in [1.807, 2.05) is 47.0 Å². The Morgan fingerprint density at radius 2 is 1.91 bits per heavy atom. The molecule has 118 valence electrons. The van der Waals surface area contributed by atoms with Crippen LogP contribution in [0.5, 0.6) is 0 Å². The van der Waals surface area contributed by atoms with Gasteiger partial charge in [0.25, 0.3) is 5.91 Å². The first-order valence-electron chi connectivity index (χ1n) is 7.47. The Morgan fingerprint density at radius 3 is 2.59 bits per heavy atom. The fourth-order valence-corrected chi connectivity index (χ4v) is 3.83. The third-order valence-electron chi connectivity index (χ3n) is 4.19. The van der Waals surface area contributed by atoms with Crippen molar-refractivity contribution in [3.05, 3.63) is 35.9 Å². The summed E-state index contributed by atoms with van der Waals surface area (Å²) < 4.78 is 5.65. The Morgan fingerprint density at radius 1 is 1.23 bits per heavy atom. The predicted molar refractivity (Wildman–Crippen MR) is 85.6 cm³/mol. The minimum Gasteiger partial charge on any atom is -0.356 e. The monoisotopic (exact) mass is 320 g/mol. The summed E-state index contributed by atoms with van der Waals surface area (Å²) in [6.07, 6.45) is -0.617. The number of morpholine rings is 1. The van der Waals surface area contributed by atoms with Crippen LogP contribution < -0.4 is 0 Å². The van der Waals surface area contributed by atoms with Gasteiger partial charge >= 0.3 is 0 Å². The molecule has 0 saturated carbocycles. The predicted octanol–water partition coefficient (Wildman–Crippen LogP) is 1.16. The van der Waals surface area contributed by atoms with Crippen LogP contribution in [-0.2, 0) is 14.3 Å². The van der Waals surface area contributed by atoms with Crippen LogP contribution in [0, 0.1) is 0 Å². The number of thioether (sulfide) groups is 1. The van der Waals surface area contributed by atoms with E-state index in [1.165, 1.54) is 0 Å². The zero-order chi connectivity index (χ0) is 15.5. The molecule has 0 aliphatic carbocycles. The molecule has 0 bridgehead atoms. The highest BCUT2D eigenvalue weighted by Crippen LogP contribution is 2.30. The van der Waals surface area contributed by atoms with Gasteiger partial charge in [0.1, 0.15) is 6.61 Å². The van der Waals surface area contributed by atoms with Crippen LogP contribution in [0.15, 0.2) is 30.3 Å². The van der Waals surface area contributed by atoms with E-state index in [4.69, 9.17) is 4.74 Å². The van der Waals surface area contributed by atoms with Crippen molar-refractivity contribution in [2.45, 2.75) is 12.1 Å². The zero-order valence-electron chi connectivity index (χ0n) is 12.6. The molecule has 2 aliphatic rings. The quantitative estimate of drug-likeness (QED) is 0.820. The second kappa shape index (κ2) is 6.71. The molecular formula is C16H20N2O3S. The van der Waals surface area contributed by atoms with Gasteiger partial charge in [-0.2, -0.15) is 11.8 Å². The van der Waals surface area contributed by atoms with E-state index in [1.54, 1.807) is 11.9 Å². The van der Waals surface area contributed by atoms with Gasteiger partial charge < -0.3 is 14.5 Å². The number of hydrogen-bond donors (Lipinski definition) is 0. The van der Waals surface area contributed by atoms with Gasteiger partial charge in [-0.1, -0.05) is 30.3 Å². The van der Waals surface area contributed by atoms with Gasteiger partial charge in [0, 0.05) is 31.6 Å². The highest BCUT2D eigenvalue weighted by molar-refractivity contribution is 7.99. The van der Waals surface area contributed by atoms with Gasteiger partial charge in [0.05, 0.1) is 6.04 Å². The molecule has 6 heteroatoms. The minimum atomic E-state index is -0.617. The maximum atomic E-state index is 12.8. The van der Waals surface area contributed by atoms with E-state index >= 15 is 0 Å². The van der Waals surface area contributed by atoms with Crippen molar-refractivity contribution >= 4 is 23.6 Å². The zero-order valence-corrected chi connectivity index (χ0v) is 13.4. The van der Waals surface area contributed by atoms with Crippen molar-refractivity contribution in [2.24, 2.45) is 0 Å². The molecule has 1 aromatic carbocycles. The van der Waals surface area contributed by atoms with Gasteiger partial charge in [-0.3, -0.25) is 9.59 Å². The van der Waals surface area contributed by atoms with Crippen molar-refractivity contribution < 1.29 is 14.3 Å². The molecule has 0 aromatic heterocycles. The molecule has 3 rings (SSSR count). The molecule has 0 spiro atoms. The third kappa shape index (κ3) is 2.98. The molecule has 2 amide bonds. The Labute approximate surface area is 134 Å². The molecule has 5 nitrogen and oxygen atoms in total. The Kier molecular flexibility index (Phi) is 4.69. The molecular weight excluding hydrogens is 300 g/mol. The molecule has 0 radical (unpaired) electrons. The number of hydrogen-bond acceptors (Lipinski definition) is 4. The van der Waals surface area contributed by atoms with Crippen LogP contribution in [0.3, 0.4) is 0 Å². The van der Waals surface area contributed by atoms with Crippen LogP contribution in [-0.4, -0.2) is 66.0 Å². The van der Waals surface area contributed by atoms with Crippen LogP contribution in [0.1, 0.15) is 11.6 Å². The van der Waals surface area contributed by atoms with Crippen molar-refractivity contribution in [3.8, 4) is 0 Å². The summed E-state index contributed by atoms with van der Waals surface area (Å²) in [6, 6.07) is 9.28. The van der Waals surface area contributed by atoms with Crippen LogP contribution >= 0.6 is 11.8 Å². The standard InChI is InChI=1S/C16H20N2O3S/c1-17-13(19)11-21-15(14(17)12-5-3-2-4-6-12)16(20)18-7-9-22-10-8-18/h2-6,14-15H,7-11H2,1H3/t14-,15+/m1/s1. The summed E-state index contributed by atoms with van der Waals surface area (Å²) in [5.74, 6) is 1.83. The highest BCUT2D eigenvalue weighted by atomic mass is 32.2. The van der Waals surface area contributed by atoms with Crippen molar-refractivity contribution in [1.82, 2.24) is 9.80 Å². The second-order valence-electron chi connectivity index (χ2n) is 5.53. The first-order valence-corrected chi connectivity index (χ1v) is 8.62. The van der Waals surface area contributed by atoms with Crippen LogP contribution in [0.2, 0.25) is 0 Å². The average Bonchev–Trinajstić information content (AvgIpc) is 2.58. The van der Waals surface area contributed by atoms with Crippen LogP contribution in [0.4, 0.5) is 0 Å².